The van der Waals surface area contributed by atoms with Crippen LogP contribution in [0.3, 0.4) is 0 Å². The van der Waals surface area contributed by atoms with Gasteiger partial charge in [-0.15, -0.1) is 22.0 Å². The Hall–Kier alpha value is -1.00. The van der Waals surface area contributed by atoms with Crippen LogP contribution in [0.4, 0.5) is 0 Å². The van der Waals surface area contributed by atoms with Gasteiger partial charge in [-0.2, -0.15) is 0 Å². The van der Waals surface area contributed by atoms with Gasteiger partial charge in [0.15, 0.2) is 0 Å². The van der Waals surface area contributed by atoms with Crippen molar-refractivity contribution in [2.24, 2.45) is 0 Å². The number of nitrogens with zero attached hydrogens (tertiary/aromatic N) is 2. The molecule has 1 aliphatic rings. The SMILES string of the molecule is Clc1cccc(CSCc2nnc(C3CC3)o2)c1. The van der Waals surface area contributed by atoms with Crippen LogP contribution in [0.1, 0.15) is 36.1 Å². The predicted molar refractivity (Wildman–Crippen MR) is 72.7 cm³/mol. The molecule has 0 N–H and O–H groups in total. The van der Waals surface area contributed by atoms with E-state index < -0.39 is 0 Å². The van der Waals surface area contributed by atoms with E-state index >= 15 is 0 Å². The van der Waals surface area contributed by atoms with E-state index in [-0.39, 0.29) is 0 Å². The molecular formula is C13H13ClN2OS. The lowest BCUT2D eigenvalue weighted by atomic mass is 10.2. The fourth-order valence-electron chi connectivity index (χ4n) is 1.70. The maximum Gasteiger partial charge on any atom is 0.226 e. The van der Waals surface area contributed by atoms with Gasteiger partial charge in [-0.25, -0.2) is 0 Å². The second-order valence-electron chi connectivity index (χ2n) is 4.43. The van der Waals surface area contributed by atoms with Gasteiger partial charge in [-0.1, -0.05) is 23.7 Å². The Morgan fingerprint density at radius 1 is 1.28 bits per heavy atom. The van der Waals surface area contributed by atoms with Crippen molar-refractivity contribution < 1.29 is 4.42 Å². The standard InChI is InChI=1S/C13H13ClN2OS/c14-11-3-1-2-9(6-11)7-18-8-12-15-16-13(17-12)10-4-5-10/h1-3,6,10H,4-5,7-8H2. The van der Waals surface area contributed by atoms with Crippen LogP contribution in [0.2, 0.25) is 5.02 Å². The van der Waals surface area contributed by atoms with Crippen LogP contribution in [0.5, 0.6) is 0 Å². The number of halogens is 1. The highest BCUT2D eigenvalue weighted by Gasteiger charge is 2.29. The molecule has 0 unspecified atom stereocenters. The van der Waals surface area contributed by atoms with Crippen molar-refractivity contribution in [3.63, 3.8) is 0 Å². The molecule has 1 saturated carbocycles. The molecule has 0 saturated heterocycles. The normalized spacial score (nSPS) is 14.9. The van der Waals surface area contributed by atoms with E-state index in [0.717, 1.165) is 28.3 Å². The second-order valence-corrected chi connectivity index (χ2v) is 5.85. The Morgan fingerprint density at radius 2 is 2.17 bits per heavy atom. The molecule has 18 heavy (non-hydrogen) atoms. The molecule has 0 aliphatic heterocycles. The van der Waals surface area contributed by atoms with Crippen LogP contribution in [0.25, 0.3) is 0 Å². The second kappa shape index (κ2) is 5.33. The molecule has 0 atom stereocenters. The summed E-state index contributed by atoms with van der Waals surface area (Å²) in [7, 11) is 0. The molecule has 1 heterocycles. The summed E-state index contributed by atoms with van der Waals surface area (Å²) >= 11 is 7.69. The smallest absolute Gasteiger partial charge is 0.226 e. The summed E-state index contributed by atoms with van der Waals surface area (Å²) in [6.07, 6.45) is 2.38. The lowest BCUT2D eigenvalue weighted by Crippen LogP contribution is -1.83. The lowest BCUT2D eigenvalue weighted by molar-refractivity contribution is 0.466. The van der Waals surface area contributed by atoms with E-state index in [9.17, 15) is 0 Å². The molecule has 1 aromatic carbocycles. The van der Waals surface area contributed by atoms with E-state index in [1.54, 1.807) is 11.8 Å². The Kier molecular flexibility index (Phi) is 3.57. The molecule has 5 heteroatoms. The highest BCUT2D eigenvalue weighted by atomic mass is 35.5. The predicted octanol–water partition coefficient (Wildman–Crippen LogP) is 4.03. The van der Waals surface area contributed by atoms with Crippen molar-refractivity contribution in [2.75, 3.05) is 0 Å². The van der Waals surface area contributed by atoms with Crippen molar-refractivity contribution in [1.82, 2.24) is 10.2 Å². The maximum absolute atomic E-state index is 5.94. The van der Waals surface area contributed by atoms with Gasteiger partial charge in [-0.3, -0.25) is 0 Å². The fraction of sp³-hybridized carbons (Fsp3) is 0.385. The van der Waals surface area contributed by atoms with Crippen LogP contribution in [0, 0.1) is 0 Å². The lowest BCUT2D eigenvalue weighted by Gasteiger charge is -2.00. The molecule has 94 valence electrons. The summed E-state index contributed by atoms with van der Waals surface area (Å²) in [6.45, 7) is 0. The number of hydrogen-bond donors (Lipinski definition) is 0. The maximum atomic E-state index is 5.94. The first-order valence-electron chi connectivity index (χ1n) is 5.96. The summed E-state index contributed by atoms with van der Waals surface area (Å²) in [6, 6.07) is 7.91. The largest absolute Gasteiger partial charge is 0.424 e. The molecule has 1 fully saturated rings. The van der Waals surface area contributed by atoms with Crippen LogP contribution in [-0.4, -0.2) is 10.2 Å². The van der Waals surface area contributed by atoms with Gasteiger partial charge >= 0.3 is 0 Å². The summed E-state index contributed by atoms with van der Waals surface area (Å²) in [5.41, 5.74) is 1.22. The third-order valence-electron chi connectivity index (χ3n) is 2.79. The monoisotopic (exact) mass is 280 g/mol. The summed E-state index contributed by atoms with van der Waals surface area (Å²) in [5, 5.41) is 8.91. The van der Waals surface area contributed by atoms with Crippen LogP contribution < -0.4 is 0 Å². The van der Waals surface area contributed by atoms with E-state index in [0.29, 0.717) is 5.92 Å². The van der Waals surface area contributed by atoms with E-state index in [1.165, 1.54) is 18.4 Å². The molecule has 1 aliphatic carbocycles. The van der Waals surface area contributed by atoms with Gasteiger partial charge in [0, 0.05) is 16.7 Å². The molecule has 0 bridgehead atoms. The first-order valence-corrected chi connectivity index (χ1v) is 7.49. The van der Waals surface area contributed by atoms with Gasteiger partial charge < -0.3 is 4.42 Å². The molecule has 1 aromatic heterocycles. The Bertz CT molecular complexity index is 539. The topological polar surface area (TPSA) is 38.9 Å². The number of thioether (sulfide) groups is 1. The van der Waals surface area contributed by atoms with Gasteiger partial charge in [0.25, 0.3) is 0 Å². The molecule has 2 aromatic rings. The highest BCUT2D eigenvalue weighted by molar-refractivity contribution is 7.97. The van der Waals surface area contributed by atoms with E-state index in [1.807, 2.05) is 18.2 Å². The number of benzene rings is 1. The molecule has 3 nitrogen and oxygen atoms in total. The van der Waals surface area contributed by atoms with E-state index in [2.05, 4.69) is 16.3 Å². The average molecular weight is 281 g/mol. The van der Waals surface area contributed by atoms with Crippen molar-refractivity contribution >= 4 is 23.4 Å². The molecule has 0 amide bonds. The Morgan fingerprint density at radius 3 is 2.94 bits per heavy atom. The fourth-order valence-corrected chi connectivity index (χ4v) is 2.72. The van der Waals surface area contributed by atoms with Crippen molar-refractivity contribution in [1.29, 1.82) is 0 Å². The third-order valence-corrected chi connectivity index (χ3v) is 4.02. The molecule has 0 radical (unpaired) electrons. The zero-order valence-corrected chi connectivity index (χ0v) is 11.4. The highest BCUT2D eigenvalue weighted by Crippen LogP contribution is 2.39. The minimum absolute atomic E-state index is 0.532. The average Bonchev–Trinajstić information content (AvgIpc) is 3.10. The van der Waals surface area contributed by atoms with Crippen LogP contribution in [0.15, 0.2) is 28.7 Å². The first kappa shape index (κ1) is 12.1. The van der Waals surface area contributed by atoms with Crippen molar-refractivity contribution in [3.8, 4) is 0 Å². The first-order chi connectivity index (χ1) is 8.81. The van der Waals surface area contributed by atoms with E-state index in [4.69, 9.17) is 16.0 Å². The quantitative estimate of drug-likeness (QED) is 0.829. The number of rotatable bonds is 5. The molecular weight excluding hydrogens is 268 g/mol. The number of hydrogen-bond acceptors (Lipinski definition) is 4. The van der Waals surface area contributed by atoms with Crippen LogP contribution in [-0.2, 0) is 11.5 Å². The van der Waals surface area contributed by atoms with Crippen molar-refractivity contribution in [3.05, 3.63) is 46.6 Å². The van der Waals surface area contributed by atoms with Gasteiger partial charge in [0.05, 0.1) is 5.75 Å². The Labute approximate surface area is 115 Å². The van der Waals surface area contributed by atoms with Gasteiger partial charge in [0.2, 0.25) is 11.8 Å². The van der Waals surface area contributed by atoms with Gasteiger partial charge in [0.1, 0.15) is 0 Å². The zero-order chi connectivity index (χ0) is 12.4. The minimum atomic E-state index is 0.532. The third kappa shape index (κ3) is 3.06. The molecule has 3 rings (SSSR count). The molecule has 0 spiro atoms. The number of aromatic nitrogens is 2. The summed E-state index contributed by atoms with van der Waals surface area (Å²) in [4.78, 5) is 0. The Balaban J connectivity index is 1.51. The summed E-state index contributed by atoms with van der Waals surface area (Å²) < 4.78 is 5.60. The van der Waals surface area contributed by atoms with Crippen molar-refractivity contribution in [2.45, 2.75) is 30.3 Å². The van der Waals surface area contributed by atoms with Gasteiger partial charge in [-0.05, 0) is 30.5 Å². The van der Waals surface area contributed by atoms with Crippen LogP contribution >= 0.6 is 23.4 Å². The summed E-state index contributed by atoms with van der Waals surface area (Å²) in [5.74, 6) is 3.73. The zero-order valence-electron chi connectivity index (χ0n) is 9.80. The minimum Gasteiger partial charge on any atom is -0.424 e.